The Labute approximate surface area is 119 Å². The van der Waals surface area contributed by atoms with E-state index in [4.69, 9.17) is 9.47 Å². The standard InChI is InChI=1S/C16H20N2O2/c1-3-17-11-14-10-16(7-8-18-14)20-12-13-5-4-6-15(9-13)19-2/h4-10,17H,3,11-12H2,1-2H3. The highest BCUT2D eigenvalue weighted by atomic mass is 16.5. The second-order valence-electron chi connectivity index (χ2n) is 4.40. The van der Waals surface area contributed by atoms with Gasteiger partial charge in [-0.25, -0.2) is 0 Å². The van der Waals surface area contributed by atoms with Crippen LogP contribution in [0.15, 0.2) is 42.6 Å². The summed E-state index contributed by atoms with van der Waals surface area (Å²) in [5.41, 5.74) is 2.06. The molecule has 106 valence electrons. The second kappa shape index (κ2) is 7.50. The minimum absolute atomic E-state index is 0.516. The van der Waals surface area contributed by atoms with Gasteiger partial charge in [-0.05, 0) is 30.3 Å². The lowest BCUT2D eigenvalue weighted by molar-refractivity contribution is 0.304. The van der Waals surface area contributed by atoms with Crippen LogP contribution in [0.3, 0.4) is 0 Å². The Kier molecular flexibility index (Phi) is 5.38. The maximum absolute atomic E-state index is 5.79. The van der Waals surface area contributed by atoms with Gasteiger partial charge in [0.15, 0.2) is 0 Å². The van der Waals surface area contributed by atoms with Crippen LogP contribution in [0.25, 0.3) is 0 Å². The van der Waals surface area contributed by atoms with Crippen molar-refractivity contribution in [2.45, 2.75) is 20.1 Å². The Balaban J connectivity index is 1.95. The number of nitrogens with one attached hydrogen (secondary N) is 1. The number of nitrogens with zero attached hydrogens (tertiary/aromatic N) is 1. The topological polar surface area (TPSA) is 43.4 Å². The fourth-order valence-corrected chi connectivity index (χ4v) is 1.82. The summed E-state index contributed by atoms with van der Waals surface area (Å²) in [7, 11) is 1.66. The van der Waals surface area contributed by atoms with Crippen LogP contribution in [0.4, 0.5) is 0 Å². The largest absolute Gasteiger partial charge is 0.497 e. The van der Waals surface area contributed by atoms with E-state index in [1.54, 1.807) is 13.3 Å². The number of aromatic nitrogens is 1. The fourth-order valence-electron chi connectivity index (χ4n) is 1.82. The molecule has 0 saturated heterocycles. The highest BCUT2D eigenvalue weighted by molar-refractivity contribution is 5.29. The minimum atomic E-state index is 0.516. The molecule has 0 unspecified atom stereocenters. The molecule has 0 bridgehead atoms. The lowest BCUT2D eigenvalue weighted by Crippen LogP contribution is -2.12. The average Bonchev–Trinajstić information content (AvgIpc) is 2.51. The van der Waals surface area contributed by atoms with E-state index in [2.05, 4.69) is 17.2 Å². The van der Waals surface area contributed by atoms with Crippen LogP contribution in [-0.4, -0.2) is 18.6 Å². The molecule has 0 aliphatic carbocycles. The van der Waals surface area contributed by atoms with Crippen LogP contribution < -0.4 is 14.8 Å². The Morgan fingerprint density at radius 2 is 2.05 bits per heavy atom. The fraction of sp³-hybridized carbons (Fsp3) is 0.312. The molecule has 4 heteroatoms. The number of rotatable bonds is 7. The van der Waals surface area contributed by atoms with Crippen molar-refractivity contribution in [2.24, 2.45) is 0 Å². The van der Waals surface area contributed by atoms with Crippen molar-refractivity contribution in [3.8, 4) is 11.5 Å². The zero-order valence-corrected chi connectivity index (χ0v) is 11.9. The van der Waals surface area contributed by atoms with E-state index in [0.29, 0.717) is 6.61 Å². The SMILES string of the molecule is CCNCc1cc(OCc2cccc(OC)c2)ccn1. The maximum Gasteiger partial charge on any atom is 0.123 e. The van der Waals surface area contributed by atoms with E-state index < -0.39 is 0 Å². The number of pyridine rings is 1. The summed E-state index contributed by atoms with van der Waals surface area (Å²) in [6.07, 6.45) is 1.77. The molecular weight excluding hydrogens is 252 g/mol. The van der Waals surface area contributed by atoms with Crippen molar-refractivity contribution in [2.75, 3.05) is 13.7 Å². The second-order valence-corrected chi connectivity index (χ2v) is 4.40. The molecule has 0 atom stereocenters. The summed E-state index contributed by atoms with van der Waals surface area (Å²) in [6.45, 7) is 4.27. The van der Waals surface area contributed by atoms with Gasteiger partial charge >= 0.3 is 0 Å². The van der Waals surface area contributed by atoms with Crippen LogP contribution in [0.1, 0.15) is 18.2 Å². The summed E-state index contributed by atoms with van der Waals surface area (Å²) in [5, 5.41) is 3.25. The number of ether oxygens (including phenoxy) is 2. The molecule has 1 aromatic carbocycles. The predicted octanol–water partition coefficient (Wildman–Crippen LogP) is 2.78. The first-order valence-corrected chi connectivity index (χ1v) is 6.73. The first-order chi connectivity index (χ1) is 9.81. The Morgan fingerprint density at radius 1 is 1.15 bits per heavy atom. The number of hydrogen-bond acceptors (Lipinski definition) is 4. The number of hydrogen-bond donors (Lipinski definition) is 1. The van der Waals surface area contributed by atoms with Gasteiger partial charge in [0.1, 0.15) is 18.1 Å². The molecule has 2 aromatic rings. The van der Waals surface area contributed by atoms with Gasteiger partial charge in [0.2, 0.25) is 0 Å². The summed E-state index contributed by atoms with van der Waals surface area (Å²) in [6, 6.07) is 11.7. The average molecular weight is 272 g/mol. The molecule has 0 aliphatic rings. The molecule has 0 saturated carbocycles. The number of benzene rings is 1. The zero-order chi connectivity index (χ0) is 14.2. The molecule has 0 fully saturated rings. The molecule has 0 amide bonds. The minimum Gasteiger partial charge on any atom is -0.497 e. The van der Waals surface area contributed by atoms with Gasteiger partial charge in [-0.2, -0.15) is 0 Å². The molecule has 0 aliphatic heterocycles. The predicted molar refractivity (Wildman–Crippen MR) is 78.9 cm³/mol. The van der Waals surface area contributed by atoms with Crippen LogP contribution in [0.2, 0.25) is 0 Å². The molecule has 0 spiro atoms. The Bertz CT molecular complexity index is 544. The third-order valence-corrected chi connectivity index (χ3v) is 2.88. The Hall–Kier alpha value is -2.07. The highest BCUT2D eigenvalue weighted by Crippen LogP contribution is 2.16. The zero-order valence-electron chi connectivity index (χ0n) is 11.9. The molecule has 1 aromatic heterocycles. The van der Waals surface area contributed by atoms with Crippen LogP contribution >= 0.6 is 0 Å². The molecule has 4 nitrogen and oxygen atoms in total. The van der Waals surface area contributed by atoms with Gasteiger partial charge in [-0.3, -0.25) is 4.98 Å². The summed E-state index contributed by atoms with van der Waals surface area (Å²) in [5.74, 6) is 1.67. The quantitative estimate of drug-likeness (QED) is 0.841. The molecule has 2 rings (SSSR count). The molecular formula is C16H20N2O2. The van der Waals surface area contributed by atoms with E-state index in [9.17, 15) is 0 Å². The van der Waals surface area contributed by atoms with Gasteiger partial charge in [0.25, 0.3) is 0 Å². The van der Waals surface area contributed by atoms with Gasteiger partial charge < -0.3 is 14.8 Å². The number of methoxy groups -OCH3 is 1. The van der Waals surface area contributed by atoms with E-state index >= 15 is 0 Å². The van der Waals surface area contributed by atoms with Crippen LogP contribution in [-0.2, 0) is 13.2 Å². The van der Waals surface area contributed by atoms with Gasteiger partial charge in [0.05, 0.1) is 12.8 Å². The molecule has 20 heavy (non-hydrogen) atoms. The van der Waals surface area contributed by atoms with Crippen LogP contribution in [0.5, 0.6) is 11.5 Å². The third-order valence-electron chi connectivity index (χ3n) is 2.88. The molecule has 0 radical (unpaired) electrons. The summed E-state index contributed by atoms with van der Waals surface area (Å²) in [4.78, 5) is 4.30. The monoisotopic (exact) mass is 272 g/mol. The maximum atomic E-state index is 5.79. The first-order valence-electron chi connectivity index (χ1n) is 6.73. The van der Waals surface area contributed by atoms with Gasteiger partial charge in [0, 0.05) is 18.8 Å². The van der Waals surface area contributed by atoms with E-state index in [0.717, 1.165) is 35.8 Å². The lowest BCUT2D eigenvalue weighted by Gasteiger charge is -2.09. The Morgan fingerprint density at radius 3 is 2.85 bits per heavy atom. The smallest absolute Gasteiger partial charge is 0.123 e. The highest BCUT2D eigenvalue weighted by Gasteiger charge is 2.00. The van der Waals surface area contributed by atoms with Gasteiger partial charge in [-0.15, -0.1) is 0 Å². The normalized spacial score (nSPS) is 10.3. The first kappa shape index (κ1) is 14.3. The van der Waals surface area contributed by atoms with Crippen molar-refractivity contribution in [1.82, 2.24) is 10.3 Å². The van der Waals surface area contributed by atoms with E-state index in [-0.39, 0.29) is 0 Å². The summed E-state index contributed by atoms with van der Waals surface area (Å²) < 4.78 is 11.0. The van der Waals surface area contributed by atoms with Crippen molar-refractivity contribution in [3.63, 3.8) is 0 Å². The van der Waals surface area contributed by atoms with Crippen LogP contribution in [0, 0.1) is 0 Å². The molecule has 1 heterocycles. The summed E-state index contributed by atoms with van der Waals surface area (Å²) >= 11 is 0. The molecule has 1 N–H and O–H groups in total. The van der Waals surface area contributed by atoms with Crippen molar-refractivity contribution < 1.29 is 9.47 Å². The van der Waals surface area contributed by atoms with E-state index in [1.807, 2.05) is 36.4 Å². The van der Waals surface area contributed by atoms with Crippen molar-refractivity contribution >= 4 is 0 Å². The van der Waals surface area contributed by atoms with E-state index in [1.165, 1.54) is 0 Å². The lowest BCUT2D eigenvalue weighted by atomic mass is 10.2. The van der Waals surface area contributed by atoms with Crippen molar-refractivity contribution in [3.05, 3.63) is 53.9 Å². The van der Waals surface area contributed by atoms with Crippen molar-refractivity contribution in [1.29, 1.82) is 0 Å². The van der Waals surface area contributed by atoms with Gasteiger partial charge in [-0.1, -0.05) is 19.1 Å². The third kappa shape index (κ3) is 4.24.